The summed E-state index contributed by atoms with van der Waals surface area (Å²) in [7, 11) is 1.73. The van der Waals surface area contributed by atoms with Crippen molar-refractivity contribution in [1.29, 1.82) is 0 Å². The van der Waals surface area contributed by atoms with Crippen molar-refractivity contribution in [1.82, 2.24) is 0 Å². The molecule has 0 heterocycles. The van der Waals surface area contributed by atoms with Crippen LogP contribution in [0.5, 0.6) is 0 Å². The number of ether oxygens (including phenoxy) is 1. The molecule has 0 rings (SSSR count). The van der Waals surface area contributed by atoms with E-state index in [4.69, 9.17) is 4.74 Å². The Bertz CT molecular complexity index is 158. The number of methoxy groups -OCH3 is 1. The maximum absolute atomic E-state index is 10.4. The Morgan fingerprint density at radius 3 is 1.73 bits per heavy atom. The number of rotatable bonds is 8. The normalized spacial score (nSPS) is 13.2. The van der Waals surface area contributed by atoms with Crippen LogP contribution in [0.4, 0.5) is 0 Å². The van der Waals surface area contributed by atoms with Gasteiger partial charge in [0.25, 0.3) is 0 Å². The minimum atomic E-state index is -0.473. The van der Waals surface area contributed by atoms with Crippen LogP contribution < -0.4 is 0 Å². The van der Waals surface area contributed by atoms with Crippen molar-refractivity contribution in [2.75, 3.05) is 7.11 Å². The topological polar surface area (TPSA) is 29.5 Å². The van der Waals surface area contributed by atoms with Crippen molar-refractivity contribution in [2.24, 2.45) is 0 Å². The molecule has 0 spiro atoms. The molecule has 0 bridgehead atoms. The second kappa shape index (κ2) is 6.49. The van der Waals surface area contributed by atoms with Crippen molar-refractivity contribution >= 4 is 0 Å². The molecule has 2 heteroatoms. The second-order valence-electron chi connectivity index (χ2n) is 5.19. The van der Waals surface area contributed by atoms with E-state index in [-0.39, 0.29) is 5.60 Å². The Morgan fingerprint density at radius 1 is 0.933 bits per heavy atom. The van der Waals surface area contributed by atoms with Crippen molar-refractivity contribution < 1.29 is 9.84 Å². The predicted octanol–water partition coefficient (Wildman–Crippen LogP) is 3.52. The van der Waals surface area contributed by atoms with Crippen molar-refractivity contribution in [2.45, 2.75) is 77.4 Å². The molecular formula is C13H28O2. The van der Waals surface area contributed by atoms with Gasteiger partial charge in [0, 0.05) is 7.11 Å². The summed E-state index contributed by atoms with van der Waals surface area (Å²) in [5.41, 5.74) is -0.589. The lowest BCUT2D eigenvalue weighted by molar-refractivity contribution is -0.0342. The lowest BCUT2D eigenvalue weighted by Gasteiger charge is -2.32. The summed E-state index contributed by atoms with van der Waals surface area (Å²) in [5.74, 6) is 0. The Labute approximate surface area is 95.0 Å². The third-order valence-electron chi connectivity index (χ3n) is 3.18. The summed E-state index contributed by atoms with van der Waals surface area (Å²) in [4.78, 5) is 0. The van der Waals surface area contributed by atoms with Gasteiger partial charge in [-0.2, -0.15) is 0 Å². The van der Waals surface area contributed by atoms with Crippen LogP contribution in [-0.2, 0) is 4.74 Å². The van der Waals surface area contributed by atoms with Gasteiger partial charge in [-0.15, -0.1) is 0 Å². The minimum Gasteiger partial charge on any atom is -0.390 e. The van der Waals surface area contributed by atoms with Crippen LogP contribution in [-0.4, -0.2) is 23.4 Å². The summed E-state index contributed by atoms with van der Waals surface area (Å²) >= 11 is 0. The molecule has 0 aromatic heterocycles. The van der Waals surface area contributed by atoms with Gasteiger partial charge in [0.15, 0.2) is 0 Å². The van der Waals surface area contributed by atoms with Crippen molar-refractivity contribution in [3.05, 3.63) is 0 Å². The minimum absolute atomic E-state index is 0.116. The first-order valence-corrected chi connectivity index (χ1v) is 6.16. The van der Waals surface area contributed by atoms with E-state index in [9.17, 15) is 5.11 Å². The van der Waals surface area contributed by atoms with E-state index in [0.717, 1.165) is 38.5 Å². The molecule has 0 aliphatic heterocycles. The molecule has 0 fully saturated rings. The fraction of sp³-hybridized carbons (Fsp3) is 1.00. The molecule has 0 aromatic carbocycles. The van der Waals surface area contributed by atoms with Gasteiger partial charge in [-0.05, 0) is 39.5 Å². The maximum Gasteiger partial charge on any atom is 0.0648 e. The van der Waals surface area contributed by atoms with E-state index < -0.39 is 5.60 Å². The van der Waals surface area contributed by atoms with Crippen molar-refractivity contribution in [3.8, 4) is 0 Å². The SMILES string of the molecule is CCCC(O)(CCC)CCC(C)(C)OC. The number of hydrogen-bond donors (Lipinski definition) is 1. The Balaban J connectivity index is 4.17. The van der Waals surface area contributed by atoms with Gasteiger partial charge in [0.1, 0.15) is 0 Å². The molecule has 0 aliphatic rings. The Hall–Kier alpha value is -0.0800. The van der Waals surface area contributed by atoms with Gasteiger partial charge in [0.2, 0.25) is 0 Å². The third kappa shape index (κ3) is 6.16. The molecule has 1 N–H and O–H groups in total. The summed E-state index contributed by atoms with van der Waals surface area (Å²) in [6.07, 6.45) is 5.66. The van der Waals surface area contributed by atoms with E-state index in [1.54, 1.807) is 7.11 Å². The number of aliphatic hydroxyl groups is 1. The lowest BCUT2D eigenvalue weighted by atomic mass is 9.85. The first kappa shape index (κ1) is 14.9. The van der Waals surface area contributed by atoms with Gasteiger partial charge in [0.05, 0.1) is 11.2 Å². The molecule has 0 amide bonds. The highest BCUT2D eigenvalue weighted by Crippen LogP contribution is 2.29. The summed E-state index contributed by atoms with van der Waals surface area (Å²) in [6.45, 7) is 8.40. The lowest BCUT2D eigenvalue weighted by Crippen LogP contribution is -2.33. The highest BCUT2D eigenvalue weighted by atomic mass is 16.5. The van der Waals surface area contributed by atoms with Gasteiger partial charge in [-0.25, -0.2) is 0 Å². The first-order valence-electron chi connectivity index (χ1n) is 6.16. The highest BCUT2D eigenvalue weighted by molar-refractivity contribution is 4.81. The monoisotopic (exact) mass is 216 g/mol. The van der Waals surface area contributed by atoms with Gasteiger partial charge >= 0.3 is 0 Å². The molecule has 2 nitrogen and oxygen atoms in total. The molecule has 0 aromatic rings. The average molecular weight is 216 g/mol. The number of hydrogen-bond acceptors (Lipinski definition) is 2. The van der Waals surface area contributed by atoms with Crippen LogP contribution >= 0.6 is 0 Å². The first-order chi connectivity index (χ1) is 6.89. The predicted molar refractivity (Wildman–Crippen MR) is 65.1 cm³/mol. The van der Waals surface area contributed by atoms with Crippen LogP contribution in [0, 0.1) is 0 Å². The second-order valence-corrected chi connectivity index (χ2v) is 5.19. The molecule has 0 atom stereocenters. The summed E-state index contributed by atoms with van der Waals surface area (Å²) in [5, 5.41) is 10.4. The van der Waals surface area contributed by atoms with Gasteiger partial charge < -0.3 is 9.84 Å². The zero-order chi connectivity index (χ0) is 11.9. The van der Waals surface area contributed by atoms with Gasteiger partial charge in [-0.3, -0.25) is 0 Å². The Morgan fingerprint density at radius 2 is 1.40 bits per heavy atom. The summed E-state index contributed by atoms with van der Waals surface area (Å²) in [6, 6.07) is 0. The average Bonchev–Trinajstić information content (AvgIpc) is 2.16. The Kier molecular flexibility index (Phi) is 6.46. The van der Waals surface area contributed by atoms with E-state index in [0.29, 0.717) is 0 Å². The van der Waals surface area contributed by atoms with E-state index in [1.807, 2.05) is 0 Å². The smallest absolute Gasteiger partial charge is 0.0648 e. The van der Waals surface area contributed by atoms with Crippen LogP contribution in [0.1, 0.15) is 66.2 Å². The summed E-state index contributed by atoms with van der Waals surface area (Å²) < 4.78 is 5.38. The molecule has 0 aliphatic carbocycles. The highest BCUT2D eigenvalue weighted by Gasteiger charge is 2.28. The van der Waals surface area contributed by atoms with Crippen molar-refractivity contribution in [3.63, 3.8) is 0 Å². The van der Waals surface area contributed by atoms with Crippen LogP contribution in [0.2, 0.25) is 0 Å². The van der Waals surface area contributed by atoms with E-state index in [2.05, 4.69) is 27.7 Å². The standard InChI is InChI=1S/C13H28O2/c1-6-8-13(14,9-7-2)11-10-12(3,4)15-5/h14H,6-11H2,1-5H3. The fourth-order valence-electron chi connectivity index (χ4n) is 1.94. The maximum atomic E-state index is 10.4. The van der Waals surface area contributed by atoms with Crippen LogP contribution in [0.15, 0.2) is 0 Å². The van der Waals surface area contributed by atoms with Crippen LogP contribution in [0.3, 0.4) is 0 Å². The van der Waals surface area contributed by atoms with E-state index >= 15 is 0 Å². The quantitative estimate of drug-likeness (QED) is 0.672. The third-order valence-corrected chi connectivity index (χ3v) is 3.18. The largest absolute Gasteiger partial charge is 0.390 e. The van der Waals surface area contributed by atoms with E-state index in [1.165, 1.54) is 0 Å². The zero-order valence-electron chi connectivity index (χ0n) is 11.1. The fourth-order valence-corrected chi connectivity index (χ4v) is 1.94. The molecular weight excluding hydrogens is 188 g/mol. The molecule has 0 unspecified atom stereocenters. The van der Waals surface area contributed by atoms with Gasteiger partial charge in [-0.1, -0.05) is 26.7 Å². The molecule has 0 saturated heterocycles. The molecule has 92 valence electrons. The molecule has 0 saturated carbocycles. The zero-order valence-corrected chi connectivity index (χ0v) is 11.1. The molecule has 15 heavy (non-hydrogen) atoms. The molecule has 0 radical (unpaired) electrons. The van der Waals surface area contributed by atoms with Crippen LogP contribution in [0.25, 0.3) is 0 Å².